The van der Waals surface area contributed by atoms with E-state index in [2.05, 4.69) is 5.32 Å². The number of likely N-dealkylation sites (N-methyl/N-ethyl adjacent to an activating group) is 1. The van der Waals surface area contributed by atoms with Crippen LogP contribution in [0.1, 0.15) is 30.7 Å². The maximum Gasteiger partial charge on any atom is 0.226 e. The van der Waals surface area contributed by atoms with Crippen LogP contribution in [-0.4, -0.2) is 37.0 Å². The van der Waals surface area contributed by atoms with Gasteiger partial charge in [0.25, 0.3) is 0 Å². The third-order valence-electron chi connectivity index (χ3n) is 4.51. The van der Waals surface area contributed by atoms with Crippen LogP contribution in [0.4, 0.5) is 4.39 Å². The fourth-order valence-corrected chi connectivity index (χ4v) is 3.33. The molecule has 1 amide bonds. The zero-order chi connectivity index (χ0) is 14.1. The van der Waals surface area contributed by atoms with Gasteiger partial charge in [0.15, 0.2) is 0 Å². The van der Waals surface area contributed by atoms with Gasteiger partial charge >= 0.3 is 0 Å². The predicted octanol–water partition coefficient (Wildman–Crippen LogP) is 2.14. The van der Waals surface area contributed by atoms with Gasteiger partial charge in [0, 0.05) is 25.0 Å². The van der Waals surface area contributed by atoms with Crippen LogP contribution >= 0.6 is 0 Å². The number of likely N-dealkylation sites (tertiary alicyclic amines) is 1. The summed E-state index contributed by atoms with van der Waals surface area (Å²) in [5.74, 6) is 0.472. The van der Waals surface area contributed by atoms with E-state index in [1.165, 1.54) is 12.1 Å². The van der Waals surface area contributed by atoms with Crippen molar-refractivity contribution in [3.63, 3.8) is 0 Å². The fraction of sp³-hybridized carbons (Fsp3) is 0.562. The summed E-state index contributed by atoms with van der Waals surface area (Å²) >= 11 is 0. The molecule has 3 unspecified atom stereocenters. The molecule has 3 nitrogen and oxygen atoms in total. The minimum absolute atomic E-state index is 0.109. The van der Waals surface area contributed by atoms with E-state index in [1.807, 2.05) is 24.1 Å². The lowest BCUT2D eigenvalue weighted by Gasteiger charge is -2.24. The quantitative estimate of drug-likeness (QED) is 0.914. The zero-order valence-corrected chi connectivity index (χ0v) is 11.8. The standard InChI is InChI=1S/C16H21FN2O/c1-18-10-13-3-2-8-19(13)16(20)15-9-14(15)11-4-6-12(17)7-5-11/h4-7,13-15,18H,2-3,8-10H2,1H3. The average molecular weight is 276 g/mol. The molecule has 1 N–H and O–H groups in total. The first-order valence-electron chi connectivity index (χ1n) is 7.41. The number of carbonyl (C=O) groups is 1. The third-order valence-corrected chi connectivity index (χ3v) is 4.51. The fourth-order valence-electron chi connectivity index (χ4n) is 3.33. The van der Waals surface area contributed by atoms with Crippen molar-refractivity contribution in [2.24, 2.45) is 5.92 Å². The molecule has 2 aliphatic rings. The Labute approximate surface area is 119 Å². The van der Waals surface area contributed by atoms with E-state index in [9.17, 15) is 9.18 Å². The first-order chi connectivity index (χ1) is 9.70. The maximum atomic E-state index is 12.9. The van der Waals surface area contributed by atoms with Gasteiger partial charge in [0.05, 0.1) is 0 Å². The van der Waals surface area contributed by atoms with Crippen molar-refractivity contribution in [2.75, 3.05) is 20.1 Å². The number of hydrogen-bond acceptors (Lipinski definition) is 2. The molecule has 2 fully saturated rings. The van der Waals surface area contributed by atoms with Crippen molar-refractivity contribution < 1.29 is 9.18 Å². The Kier molecular flexibility index (Phi) is 3.74. The molecule has 3 atom stereocenters. The molecule has 1 heterocycles. The van der Waals surface area contributed by atoms with Crippen LogP contribution in [0, 0.1) is 11.7 Å². The minimum atomic E-state index is -0.217. The van der Waals surface area contributed by atoms with Crippen LogP contribution in [0.3, 0.4) is 0 Å². The summed E-state index contributed by atoms with van der Waals surface area (Å²) in [5.41, 5.74) is 1.09. The number of amides is 1. The van der Waals surface area contributed by atoms with Crippen molar-refractivity contribution in [1.82, 2.24) is 10.2 Å². The molecule has 0 spiro atoms. The van der Waals surface area contributed by atoms with Gasteiger partial charge in [-0.2, -0.15) is 0 Å². The number of nitrogens with one attached hydrogen (secondary N) is 1. The van der Waals surface area contributed by atoms with Crippen LogP contribution in [-0.2, 0) is 4.79 Å². The summed E-state index contributed by atoms with van der Waals surface area (Å²) in [7, 11) is 1.93. The minimum Gasteiger partial charge on any atom is -0.338 e. The van der Waals surface area contributed by atoms with Crippen molar-refractivity contribution in [1.29, 1.82) is 0 Å². The Morgan fingerprint density at radius 2 is 2.15 bits per heavy atom. The molecule has 1 saturated carbocycles. The van der Waals surface area contributed by atoms with Crippen LogP contribution in [0.2, 0.25) is 0 Å². The van der Waals surface area contributed by atoms with E-state index in [4.69, 9.17) is 0 Å². The molecule has 1 aromatic rings. The Morgan fingerprint density at radius 1 is 1.40 bits per heavy atom. The van der Waals surface area contributed by atoms with Gasteiger partial charge in [-0.3, -0.25) is 4.79 Å². The lowest BCUT2D eigenvalue weighted by Crippen LogP contribution is -2.41. The topological polar surface area (TPSA) is 32.3 Å². The Bertz CT molecular complexity index is 488. The van der Waals surface area contributed by atoms with Gasteiger partial charge in [0.1, 0.15) is 5.82 Å². The highest BCUT2D eigenvalue weighted by molar-refractivity contribution is 5.83. The Hall–Kier alpha value is -1.42. The molecule has 0 bridgehead atoms. The largest absolute Gasteiger partial charge is 0.338 e. The molecule has 1 aromatic carbocycles. The number of rotatable bonds is 4. The summed E-state index contributed by atoms with van der Waals surface area (Å²) in [6, 6.07) is 6.93. The van der Waals surface area contributed by atoms with Gasteiger partial charge in [-0.25, -0.2) is 4.39 Å². The van der Waals surface area contributed by atoms with Crippen LogP contribution < -0.4 is 5.32 Å². The molecular formula is C16H21FN2O. The summed E-state index contributed by atoms with van der Waals surface area (Å²) < 4.78 is 12.9. The van der Waals surface area contributed by atoms with Gasteiger partial charge < -0.3 is 10.2 Å². The number of carbonyl (C=O) groups excluding carboxylic acids is 1. The lowest BCUT2D eigenvalue weighted by molar-refractivity contribution is -0.133. The first kappa shape index (κ1) is 13.6. The average Bonchev–Trinajstić information content (AvgIpc) is 3.11. The lowest BCUT2D eigenvalue weighted by atomic mass is 10.1. The third kappa shape index (κ3) is 2.57. The number of nitrogens with zero attached hydrogens (tertiary/aromatic N) is 1. The van der Waals surface area contributed by atoms with Crippen molar-refractivity contribution in [2.45, 2.75) is 31.2 Å². The van der Waals surface area contributed by atoms with Crippen LogP contribution in [0.25, 0.3) is 0 Å². The molecule has 1 saturated heterocycles. The van der Waals surface area contributed by atoms with E-state index < -0.39 is 0 Å². The van der Waals surface area contributed by atoms with Gasteiger partial charge in [-0.15, -0.1) is 0 Å². The van der Waals surface area contributed by atoms with Crippen molar-refractivity contribution in [3.8, 4) is 0 Å². The second-order valence-corrected chi connectivity index (χ2v) is 5.89. The predicted molar refractivity (Wildman–Crippen MR) is 75.9 cm³/mol. The summed E-state index contributed by atoms with van der Waals surface area (Å²) in [6.45, 7) is 1.76. The molecule has 1 aliphatic heterocycles. The highest BCUT2D eigenvalue weighted by atomic mass is 19.1. The molecule has 20 heavy (non-hydrogen) atoms. The van der Waals surface area contributed by atoms with E-state index in [0.29, 0.717) is 12.0 Å². The summed E-state index contributed by atoms with van der Waals surface area (Å²) in [4.78, 5) is 14.6. The highest BCUT2D eigenvalue weighted by Gasteiger charge is 2.47. The molecule has 0 aromatic heterocycles. The van der Waals surface area contributed by atoms with Crippen LogP contribution in [0.5, 0.6) is 0 Å². The highest BCUT2D eigenvalue weighted by Crippen LogP contribution is 2.49. The zero-order valence-electron chi connectivity index (χ0n) is 11.8. The molecule has 0 radical (unpaired) electrons. The molecule has 1 aliphatic carbocycles. The van der Waals surface area contributed by atoms with Gasteiger partial charge in [-0.1, -0.05) is 12.1 Å². The summed E-state index contributed by atoms with van der Waals surface area (Å²) in [5, 5.41) is 3.17. The van der Waals surface area contributed by atoms with Crippen molar-refractivity contribution >= 4 is 5.91 Å². The number of benzene rings is 1. The van der Waals surface area contributed by atoms with Crippen molar-refractivity contribution in [3.05, 3.63) is 35.6 Å². The van der Waals surface area contributed by atoms with Gasteiger partial charge in [0.2, 0.25) is 5.91 Å². The molecule has 4 heteroatoms. The Balaban J connectivity index is 1.63. The normalized spacial score (nSPS) is 28.7. The van der Waals surface area contributed by atoms with E-state index >= 15 is 0 Å². The van der Waals surface area contributed by atoms with Crippen LogP contribution in [0.15, 0.2) is 24.3 Å². The summed E-state index contributed by atoms with van der Waals surface area (Å²) in [6.07, 6.45) is 3.11. The van der Waals surface area contributed by atoms with E-state index in [-0.39, 0.29) is 17.6 Å². The maximum absolute atomic E-state index is 12.9. The molecule has 3 rings (SSSR count). The second-order valence-electron chi connectivity index (χ2n) is 5.89. The van der Waals surface area contributed by atoms with E-state index in [0.717, 1.165) is 37.9 Å². The Morgan fingerprint density at radius 3 is 2.85 bits per heavy atom. The van der Waals surface area contributed by atoms with E-state index in [1.54, 1.807) is 0 Å². The first-order valence-corrected chi connectivity index (χ1v) is 7.41. The number of halogens is 1. The molecule has 108 valence electrons. The smallest absolute Gasteiger partial charge is 0.226 e. The van der Waals surface area contributed by atoms with Gasteiger partial charge in [-0.05, 0) is 49.9 Å². The monoisotopic (exact) mass is 276 g/mol. The number of hydrogen-bond donors (Lipinski definition) is 1. The SMILES string of the molecule is CNCC1CCCN1C(=O)C1CC1c1ccc(F)cc1. The molecular weight excluding hydrogens is 255 g/mol. The second kappa shape index (κ2) is 5.52.